The molecule has 1 unspecified atom stereocenters. The highest BCUT2D eigenvalue weighted by Gasteiger charge is 2.33. The van der Waals surface area contributed by atoms with E-state index in [4.69, 9.17) is 11.6 Å². The summed E-state index contributed by atoms with van der Waals surface area (Å²) in [5.41, 5.74) is 1.67. The topological polar surface area (TPSA) is 66.5 Å². The third-order valence-electron chi connectivity index (χ3n) is 4.45. The molecule has 7 heteroatoms. The number of sulfonamides is 1. The molecule has 0 spiro atoms. The number of halogens is 1. The van der Waals surface area contributed by atoms with Crippen LogP contribution in [0.4, 0.5) is 5.69 Å². The predicted octanol–water partition coefficient (Wildman–Crippen LogP) is 3.94. The highest BCUT2D eigenvalue weighted by molar-refractivity contribution is 7.92. The SMILES string of the molecule is Cc1ccc(Cl)cc1N(C(C)C(=O)NC(C)(C)Cc1ccccc1)S(C)(=O)=O. The number of benzene rings is 2. The first-order chi connectivity index (χ1) is 12.9. The number of nitrogens with one attached hydrogen (secondary N) is 1. The molecule has 0 aliphatic carbocycles. The minimum absolute atomic E-state index is 0.370. The monoisotopic (exact) mass is 422 g/mol. The summed E-state index contributed by atoms with van der Waals surface area (Å²) in [6.07, 6.45) is 1.72. The van der Waals surface area contributed by atoms with Crippen LogP contribution in [0.15, 0.2) is 48.5 Å². The molecule has 5 nitrogen and oxygen atoms in total. The van der Waals surface area contributed by atoms with Crippen LogP contribution in [0, 0.1) is 6.92 Å². The van der Waals surface area contributed by atoms with Crippen molar-refractivity contribution in [1.29, 1.82) is 0 Å². The normalized spacial score (nSPS) is 13.1. The first kappa shape index (κ1) is 22.2. The number of aryl methyl sites for hydroxylation is 1. The van der Waals surface area contributed by atoms with Crippen molar-refractivity contribution in [3.05, 3.63) is 64.7 Å². The van der Waals surface area contributed by atoms with Gasteiger partial charge in [0.05, 0.1) is 11.9 Å². The van der Waals surface area contributed by atoms with Crippen LogP contribution < -0.4 is 9.62 Å². The van der Waals surface area contributed by atoms with Gasteiger partial charge in [0, 0.05) is 10.6 Å². The molecule has 2 rings (SSSR count). The molecule has 28 heavy (non-hydrogen) atoms. The summed E-state index contributed by atoms with van der Waals surface area (Å²) in [6.45, 7) is 7.20. The summed E-state index contributed by atoms with van der Waals surface area (Å²) in [7, 11) is -3.70. The van der Waals surface area contributed by atoms with Crippen LogP contribution in [0.2, 0.25) is 5.02 Å². The minimum Gasteiger partial charge on any atom is -0.349 e. The fourth-order valence-electron chi connectivity index (χ4n) is 3.19. The zero-order chi connectivity index (χ0) is 21.1. The van der Waals surface area contributed by atoms with Crippen molar-refractivity contribution in [2.45, 2.75) is 45.7 Å². The molecule has 2 aromatic carbocycles. The van der Waals surface area contributed by atoms with Crippen molar-refractivity contribution in [3.8, 4) is 0 Å². The van der Waals surface area contributed by atoms with E-state index < -0.39 is 21.6 Å². The average molecular weight is 423 g/mol. The van der Waals surface area contributed by atoms with Crippen LogP contribution in [0.5, 0.6) is 0 Å². The number of rotatable bonds is 7. The van der Waals surface area contributed by atoms with Crippen molar-refractivity contribution in [1.82, 2.24) is 5.32 Å². The fraction of sp³-hybridized carbons (Fsp3) is 0.381. The van der Waals surface area contributed by atoms with Crippen LogP contribution in [-0.4, -0.2) is 32.2 Å². The number of carbonyl (C=O) groups excluding carboxylic acids is 1. The van der Waals surface area contributed by atoms with Crippen LogP contribution in [0.25, 0.3) is 0 Å². The van der Waals surface area contributed by atoms with E-state index in [1.807, 2.05) is 44.2 Å². The van der Waals surface area contributed by atoms with E-state index in [9.17, 15) is 13.2 Å². The molecule has 1 atom stereocenters. The minimum atomic E-state index is -3.70. The number of anilines is 1. The number of hydrogen-bond donors (Lipinski definition) is 1. The average Bonchev–Trinajstić information content (AvgIpc) is 2.57. The second-order valence-electron chi connectivity index (χ2n) is 7.70. The van der Waals surface area contributed by atoms with Crippen LogP contribution in [0.1, 0.15) is 31.9 Å². The molecule has 152 valence electrons. The van der Waals surface area contributed by atoms with Crippen molar-refractivity contribution in [3.63, 3.8) is 0 Å². The second-order valence-corrected chi connectivity index (χ2v) is 10.00. The molecule has 1 N–H and O–H groups in total. The Morgan fingerprint density at radius 2 is 1.79 bits per heavy atom. The Balaban J connectivity index is 2.28. The standard InChI is InChI=1S/C21H27ClN2O3S/c1-15-11-12-18(22)13-19(15)24(28(5,26)27)16(2)20(25)23-21(3,4)14-17-9-7-6-8-10-17/h6-13,16H,14H2,1-5H3,(H,23,25). The molecule has 0 saturated heterocycles. The van der Waals surface area contributed by atoms with Gasteiger partial charge in [0.1, 0.15) is 6.04 Å². The number of amides is 1. The molecular weight excluding hydrogens is 396 g/mol. The number of hydrogen-bond acceptors (Lipinski definition) is 3. The zero-order valence-electron chi connectivity index (χ0n) is 16.9. The van der Waals surface area contributed by atoms with Gasteiger partial charge in [0.15, 0.2) is 0 Å². The molecule has 0 heterocycles. The van der Waals surface area contributed by atoms with Gasteiger partial charge in [-0.15, -0.1) is 0 Å². The predicted molar refractivity (Wildman–Crippen MR) is 115 cm³/mol. The smallest absolute Gasteiger partial charge is 0.244 e. The summed E-state index contributed by atoms with van der Waals surface area (Å²) < 4.78 is 26.1. The van der Waals surface area contributed by atoms with E-state index >= 15 is 0 Å². The van der Waals surface area contributed by atoms with Gasteiger partial charge in [-0.05, 0) is 57.4 Å². The summed E-state index contributed by atoms with van der Waals surface area (Å²) in [6, 6.07) is 13.9. The Hall–Kier alpha value is -2.05. The van der Waals surface area contributed by atoms with E-state index in [2.05, 4.69) is 5.32 Å². The second kappa shape index (κ2) is 8.53. The van der Waals surface area contributed by atoms with Crippen LogP contribution in [0.3, 0.4) is 0 Å². The Labute approximate surface area is 172 Å². The third kappa shape index (κ3) is 5.72. The maximum Gasteiger partial charge on any atom is 0.244 e. The van der Waals surface area contributed by atoms with E-state index in [1.165, 1.54) is 0 Å². The third-order valence-corrected chi connectivity index (χ3v) is 5.91. The Kier molecular flexibility index (Phi) is 6.78. The molecule has 0 aliphatic rings. The lowest BCUT2D eigenvalue weighted by Gasteiger charge is -2.33. The Morgan fingerprint density at radius 1 is 1.18 bits per heavy atom. The maximum atomic E-state index is 13.0. The maximum absolute atomic E-state index is 13.0. The largest absolute Gasteiger partial charge is 0.349 e. The van der Waals surface area contributed by atoms with Gasteiger partial charge in [-0.1, -0.05) is 48.0 Å². The summed E-state index contributed by atoms with van der Waals surface area (Å²) in [5.74, 6) is -0.370. The van der Waals surface area contributed by atoms with Crippen molar-refractivity contribution in [2.75, 3.05) is 10.6 Å². The van der Waals surface area contributed by atoms with Crippen molar-refractivity contribution >= 4 is 33.2 Å². The summed E-state index contributed by atoms with van der Waals surface area (Å²) >= 11 is 6.07. The van der Waals surface area contributed by atoms with E-state index in [0.717, 1.165) is 21.7 Å². The van der Waals surface area contributed by atoms with Crippen LogP contribution in [-0.2, 0) is 21.2 Å². The zero-order valence-corrected chi connectivity index (χ0v) is 18.4. The van der Waals surface area contributed by atoms with Gasteiger partial charge in [0.2, 0.25) is 15.9 Å². The van der Waals surface area contributed by atoms with Crippen molar-refractivity contribution < 1.29 is 13.2 Å². The highest BCUT2D eigenvalue weighted by atomic mass is 35.5. The number of carbonyl (C=O) groups is 1. The van der Waals surface area contributed by atoms with Gasteiger partial charge in [-0.3, -0.25) is 9.10 Å². The molecule has 0 fully saturated rings. The molecule has 0 aromatic heterocycles. The Bertz CT molecular complexity index is 943. The van der Waals surface area contributed by atoms with Gasteiger partial charge < -0.3 is 5.32 Å². The fourth-order valence-corrected chi connectivity index (χ4v) is 4.58. The first-order valence-electron chi connectivity index (χ1n) is 9.02. The molecule has 1 amide bonds. The van der Waals surface area contributed by atoms with Gasteiger partial charge in [0.25, 0.3) is 0 Å². The lowest BCUT2D eigenvalue weighted by molar-refractivity contribution is -0.123. The molecule has 0 saturated carbocycles. The van der Waals surface area contributed by atoms with E-state index in [-0.39, 0.29) is 5.91 Å². The molecular formula is C21H27ClN2O3S. The lowest BCUT2D eigenvalue weighted by atomic mass is 9.94. The molecule has 0 aliphatic heterocycles. The van der Waals surface area contributed by atoms with Crippen molar-refractivity contribution in [2.24, 2.45) is 0 Å². The van der Waals surface area contributed by atoms with E-state index in [0.29, 0.717) is 17.1 Å². The first-order valence-corrected chi connectivity index (χ1v) is 11.2. The number of nitrogens with zero attached hydrogens (tertiary/aromatic N) is 1. The Morgan fingerprint density at radius 3 is 2.36 bits per heavy atom. The van der Waals surface area contributed by atoms with Gasteiger partial charge in [-0.25, -0.2) is 8.42 Å². The van der Waals surface area contributed by atoms with Gasteiger partial charge in [-0.2, -0.15) is 0 Å². The molecule has 0 bridgehead atoms. The summed E-state index contributed by atoms with van der Waals surface area (Å²) in [5, 5.41) is 3.39. The van der Waals surface area contributed by atoms with Crippen LogP contribution >= 0.6 is 11.6 Å². The van der Waals surface area contributed by atoms with E-state index in [1.54, 1.807) is 32.0 Å². The molecule has 2 aromatic rings. The summed E-state index contributed by atoms with van der Waals surface area (Å²) in [4.78, 5) is 13.0. The lowest BCUT2D eigenvalue weighted by Crippen LogP contribution is -2.54. The molecule has 0 radical (unpaired) electrons. The highest BCUT2D eigenvalue weighted by Crippen LogP contribution is 2.28. The van der Waals surface area contributed by atoms with Gasteiger partial charge >= 0.3 is 0 Å². The quantitative estimate of drug-likeness (QED) is 0.734.